The molecular weight excluding hydrogens is 424 g/mol. The predicted molar refractivity (Wildman–Crippen MR) is 136 cm³/mol. The Morgan fingerprint density at radius 3 is 2.35 bits per heavy atom. The third-order valence-electron chi connectivity index (χ3n) is 5.81. The van der Waals surface area contributed by atoms with Crippen molar-refractivity contribution >= 4 is 17.6 Å². The van der Waals surface area contributed by atoms with E-state index in [1.165, 1.54) is 0 Å². The number of carbonyl (C=O) groups excluding carboxylic acids is 2. The quantitative estimate of drug-likeness (QED) is 0.340. The van der Waals surface area contributed by atoms with Crippen molar-refractivity contribution in [1.82, 2.24) is 4.57 Å². The van der Waals surface area contributed by atoms with Crippen molar-refractivity contribution in [3.8, 4) is 16.9 Å². The van der Waals surface area contributed by atoms with Crippen molar-refractivity contribution in [1.29, 1.82) is 0 Å². The first-order chi connectivity index (χ1) is 16.4. The van der Waals surface area contributed by atoms with Gasteiger partial charge in [-0.05, 0) is 69.2 Å². The molecule has 34 heavy (non-hydrogen) atoms. The molecule has 0 saturated carbocycles. The van der Waals surface area contributed by atoms with Gasteiger partial charge in [0, 0.05) is 22.6 Å². The van der Waals surface area contributed by atoms with Crippen LogP contribution in [0.25, 0.3) is 16.9 Å². The Kier molecular flexibility index (Phi) is 6.64. The summed E-state index contributed by atoms with van der Waals surface area (Å²) in [6.45, 7) is 7.99. The van der Waals surface area contributed by atoms with Crippen LogP contribution >= 0.6 is 0 Å². The summed E-state index contributed by atoms with van der Waals surface area (Å²) in [6.07, 6.45) is 0. The minimum absolute atomic E-state index is 0.189. The minimum Gasteiger partial charge on any atom is -0.462 e. The fourth-order valence-electron chi connectivity index (χ4n) is 4.11. The van der Waals surface area contributed by atoms with Crippen molar-refractivity contribution in [2.45, 2.75) is 27.7 Å². The van der Waals surface area contributed by atoms with Crippen LogP contribution in [-0.4, -0.2) is 23.1 Å². The number of ether oxygens (including phenoxy) is 1. The van der Waals surface area contributed by atoms with Crippen molar-refractivity contribution in [3.05, 3.63) is 107 Å². The summed E-state index contributed by atoms with van der Waals surface area (Å²) in [5.74, 6) is -0.551. The zero-order chi connectivity index (χ0) is 24.2. The van der Waals surface area contributed by atoms with Gasteiger partial charge in [0.25, 0.3) is 5.91 Å². The first-order valence-electron chi connectivity index (χ1n) is 11.3. The summed E-state index contributed by atoms with van der Waals surface area (Å²) in [6, 6.07) is 25.1. The summed E-state index contributed by atoms with van der Waals surface area (Å²) >= 11 is 0. The van der Waals surface area contributed by atoms with Crippen LogP contribution in [0.4, 0.5) is 5.69 Å². The number of hydrogen-bond donors (Lipinski definition) is 1. The van der Waals surface area contributed by atoms with E-state index in [4.69, 9.17) is 4.74 Å². The summed E-state index contributed by atoms with van der Waals surface area (Å²) in [5, 5.41) is 3.01. The van der Waals surface area contributed by atoms with Gasteiger partial charge in [0.1, 0.15) is 0 Å². The molecule has 3 aromatic carbocycles. The van der Waals surface area contributed by atoms with E-state index in [1.54, 1.807) is 13.0 Å². The average molecular weight is 453 g/mol. The molecule has 0 radical (unpaired) electrons. The van der Waals surface area contributed by atoms with Gasteiger partial charge in [0.15, 0.2) is 0 Å². The lowest BCUT2D eigenvalue weighted by molar-refractivity contribution is 0.0525. The third-order valence-corrected chi connectivity index (χ3v) is 5.81. The molecule has 1 N–H and O–H groups in total. The van der Waals surface area contributed by atoms with Crippen LogP contribution in [-0.2, 0) is 4.74 Å². The van der Waals surface area contributed by atoms with Gasteiger partial charge >= 0.3 is 5.97 Å². The van der Waals surface area contributed by atoms with Gasteiger partial charge in [0.2, 0.25) is 0 Å². The van der Waals surface area contributed by atoms with E-state index in [-0.39, 0.29) is 11.9 Å². The normalized spacial score (nSPS) is 10.7. The molecule has 4 rings (SSSR count). The molecule has 5 heteroatoms. The Morgan fingerprint density at radius 2 is 1.65 bits per heavy atom. The lowest BCUT2D eigenvalue weighted by Gasteiger charge is -2.14. The van der Waals surface area contributed by atoms with E-state index < -0.39 is 0 Å². The molecule has 0 aliphatic heterocycles. The number of aromatic nitrogens is 1. The van der Waals surface area contributed by atoms with Gasteiger partial charge in [-0.15, -0.1) is 0 Å². The Labute approximate surface area is 200 Å². The molecule has 1 aromatic heterocycles. The second-order valence-electron chi connectivity index (χ2n) is 8.27. The van der Waals surface area contributed by atoms with Gasteiger partial charge in [-0.3, -0.25) is 4.79 Å². The smallest absolute Gasteiger partial charge is 0.339 e. The van der Waals surface area contributed by atoms with Gasteiger partial charge in [-0.2, -0.15) is 0 Å². The monoisotopic (exact) mass is 452 g/mol. The lowest BCUT2D eigenvalue weighted by Crippen LogP contribution is -2.13. The number of hydrogen-bond acceptors (Lipinski definition) is 3. The lowest BCUT2D eigenvalue weighted by atomic mass is 10.1. The molecule has 4 aromatic rings. The van der Waals surface area contributed by atoms with Gasteiger partial charge in [-0.1, -0.05) is 54.1 Å². The molecule has 0 unspecified atom stereocenters. The number of nitrogens with zero attached hydrogens (tertiary/aromatic N) is 1. The molecule has 1 heterocycles. The number of aryl methyl sites for hydroxylation is 2. The highest BCUT2D eigenvalue weighted by atomic mass is 16.5. The Bertz CT molecular complexity index is 1350. The molecule has 0 fully saturated rings. The Balaban J connectivity index is 1.76. The van der Waals surface area contributed by atoms with Gasteiger partial charge < -0.3 is 14.6 Å². The Hall–Kier alpha value is -4.12. The fraction of sp³-hybridized carbons (Fsp3) is 0.172. The fourth-order valence-corrected chi connectivity index (χ4v) is 4.11. The van der Waals surface area contributed by atoms with Crippen molar-refractivity contribution in [3.63, 3.8) is 0 Å². The maximum absolute atomic E-state index is 13.1. The molecule has 172 valence electrons. The molecular formula is C29H28N2O3. The minimum atomic E-state index is -0.361. The van der Waals surface area contributed by atoms with Crippen LogP contribution in [0.2, 0.25) is 0 Å². The highest BCUT2D eigenvalue weighted by Gasteiger charge is 2.21. The number of anilines is 1. The maximum Gasteiger partial charge on any atom is 0.339 e. The largest absolute Gasteiger partial charge is 0.462 e. The van der Waals surface area contributed by atoms with Crippen LogP contribution in [0.1, 0.15) is 44.5 Å². The molecule has 5 nitrogen and oxygen atoms in total. The van der Waals surface area contributed by atoms with Crippen LogP contribution in [0.15, 0.2) is 78.9 Å². The molecule has 0 spiro atoms. The van der Waals surface area contributed by atoms with E-state index in [2.05, 4.69) is 5.32 Å². The van der Waals surface area contributed by atoms with Crippen molar-refractivity contribution in [2.75, 3.05) is 11.9 Å². The van der Waals surface area contributed by atoms with Gasteiger partial charge in [-0.25, -0.2) is 4.79 Å². The molecule has 1 amide bonds. The van der Waals surface area contributed by atoms with E-state index in [0.29, 0.717) is 17.7 Å². The van der Waals surface area contributed by atoms with E-state index in [9.17, 15) is 9.59 Å². The highest BCUT2D eigenvalue weighted by molar-refractivity contribution is 6.05. The maximum atomic E-state index is 13.1. The summed E-state index contributed by atoms with van der Waals surface area (Å²) in [7, 11) is 0. The number of carbonyl (C=O) groups is 2. The molecule has 0 atom stereocenters. The molecule has 0 aliphatic carbocycles. The zero-order valence-corrected chi connectivity index (χ0v) is 19.9. The number of nitrogens with one attached hydrogen (secondary N) is 1. The van der Waals surface area contributed by atoms with Gasteiger partial charge in [0.05, 0.1) is 17.9 Å². The number of rotatable bonds is 6. The third kappa shape index (κ3) is 4.64. The molecule has 0 bridgehead atoms. The number of amides is 1. The van der Waals surface area contributed by atoms with Crippen LogP contribution < -0.4 is 5.32 Å². The van der Waals surface area contributed by atoms with E-state index in [0.717, 1.165) is 39.5 Å². The summed E-state index contributed by atoms with van der Waals surface area (Å²) in [4.78, 5) is 25.7. The topological polar surface area (TPSA) is 60.3 Å². The standard InChI is InChI=1S/C29H28N2O3/c1-5-34-29(33)25-18-27(22-10-7-6-8-11-22)31(21(25)4)24-13-9-12-23(17-24)28(32)30-26-15-14-19(2)16-20(26)3/h6-18H,5H2,1-4H3,(H,30,32). The second-order valence-corrected chi connectivity index (χ2v) is 8.27. The number of esters is 1. The first kappa shape index (κ1) is 23.1. The van der Waals surface area contributed by atoms with E-state index in [1.807, 2.05) is 98.1 Å². The van der Waals surface area contributed by atoms with Crippen molar-refractivity contribution < 1.29 is 14.3 Å². The summed E-state index contributed by atoms with van der Waals surface area (Å²) in [5.41, 5.74) is 7.34. The van der Waals surface area contributed by atoms with Crippen LogP contribution in [0, 0.1) is 20.8 Å². The Morgan fingerprint density at radius 1 is 0.882 bits per heavy atom. The zero-order valence-electron chi connectivity index (χ0n) is 19.9. The van der Waals surface area contributed by atoms with Crippen LogP contribution in [0.5, 0.6) is 0 Å². The molecule has 0 aliphatic rings. The first-order valence-corrected chi connectivity index (χ1v) is 11.3. The SMILES string of the molecule is CCOC(=O)c1cc(-c2ccccc2)n(-c2cccc(C(=O)Nc3ccc(C)cc3C)c2)c1C. The average Bonchev–Trinajstić information content (AvgIpc) is 3.19. The summed E-state index contributed by atoms with van der Waals surface area (Å²) < 4.78 is 7.28. The highest BCUT2D eigenvalue weighted by Crippen LogP contribution is 2.30. The predicted octanol–water partition coefficient (Wildman–Crippen LogP) is 6.50. The molecule has 0 saturated heterocycles. The second kappa shape index (κ2) is 9.79. The van der Waals surface area contributed by atoms with Crippen LogP contribution in [0.3, 0.4) is 0 Å². The van der Waals surface area contributed by atoms with Crippen molar-refractivity contribution in [2.24, 2.45) is 0 Å². The number of benzene rings is 3. The van der Waals surface area contributed by atoms with E-state index >= 15 is 0 Å².